The lowest BCUT2D eigenvalue weighted by Gasteiger charge is -2.32. The van der Waals surface area contributed by atoms with Gasteiger partial charge in [-0.1, -0.05) is 81.6 Å². The molecule has 0 fully saturated rings. The molecule has 3 rings (SSSR count). The molecule has 1 aromatic heterocycles. The first-order valence-electron chi connectivity index (χ1n) is 17.1. The Bertz CT molecular complexity index is 1640. The van der Waals surface area contributed by atoms with Crippen LogP contribution in [0.3, 0.4) is 0 Å². The fraction of sp³-hybridized carbons (Fsp3) is 0.395. The topological polar surface area (TPSA) is 182 Å². The van der Waals surface area contributed by atoms with Gasteiger partial charge in [0.15, 0.2) is 0 Å². The minimum absolute atomic E-state index is 0.102. The van der Waals surface area contributed by atoms with Crippen LogP contribution in [0.5, 0.6) is 0 Å². The minimum Gasteiger partial charge on any atom is -0.469 e. The molecule has 14 nitrogen and oxygen atoms in total. The van der Waals surface area contributed by atoms with E-state index in [4.69, 9.17) is 4.84 Å². The van der Waals surface area contributed by atoms with Crippen LogP contribution in [-0.4, -0.2) is 79.1 Å². The molecule has 0 bridgehead atoms. The highest BCUT2D eigenvalue weighted by Gasteiger charge is 2.32. The second-order valence-corrected chi connectivity index (χ2v) is 11.8. The maximum Gasteiger partial charge on any atom is 0.328 e. The van der Waals surface area contributed by atoms with Gasteiger partial charge in [0.1, 0.15) is 18.3 Å². The Kier molecular flexibility index (Phi) is 16.9. The molecule has 0 aliphatic rings. The summed E-state index contributed by atoms with van der Waals surface area (Å²) in [5, 5.41) is 9.16. The number of amides is 4. The Balaban J connectivity index is 1.63. The molecule has 4 amide bonds. The summed E-state index contributed by atoms with van der Waals surface area (Å²) in [6.45, 7) is 3.98. The van der Waals surface area contributed by atoms with Crippen LogP contribution in [0.25, 0.3) is 11.3 Å². The molecule has 3 atom stereocenters. The highest BCUT2D eigenvalue weighted by Crippen LogP contribution is 2.23. The van der Waals surface area contributed by atoms with Crippen molar-refractivity contribution in [2.75, 3.05) is 20.9 Å². The van der Waals surface area contributed by atoms with Gasteiger partial charge in [0.25, 0.3) is 11.8 Å². The van der Waals surface area contributed by atoms with Crippen molar-refractivity contribution >= 4 is 36.1 Å². The molecule has 0 saturated heterocycles. The fourth-order valence-corrected chi connectivity index (χ4v) is 5.46. The van der Waals surface area contributed by atoms with Gasteiger partial charge in [-0.25, -0.2) is 14.8 Å². The zero-order valence-corrected chi connectivity index (χ0v) is 30.0. The van der Waals surface area contributed by atoms with Gasteiger partial charge in [0.05, 0.1) is 45.0 Å². The van der Waals surface area contributed by atoms with Crippen LogP contribution in [-0.2, 0) is 40.1 Å². The molecule has 0 radical (unpaired) electrons. The largest absolute Gasteiger partial charge is 0.469 e. The summed E-state index contributed by atoms with van der Waals surface area (Å²) in [6, 6.07) is 18.9. The molecule has 2 aromatic carbocycles. The Morgan fingerprint density at radius 2 is 1.58 bits per heavy atom. The van der Waals surface area contributed by atoms with Gasteiger partial charge in [-0.3, -0.25) is 28.8 Å². The van der Waals surface area contributed by atoms with E-state index < -0.39 is 48.2 Å². The molecule has 3 N–H and O–H groups in total. The monoisotopic (exact) mass is 717 g/mol. The second-order valence-electron chi connectivity index (χ2n) is 11.8. The lowest BCUT2D eigenvalue weighted by atomic mass is 9.90. The molecule has 0 spiro atoms. The summed E-state index contributed by atoms with van der Waals surface area (Å²) in [7, 11) is 2.32. The first-order chi connectivity index (χ1) is 25.1. The summed E-state index contributed by atoms with van der Waals surface area (Å²) >= 11 is 0. The van der Waals surface area contributed by atoms with Gasteiger partial charge < -0.3 is 25.4 Å². The van der Waals surface area contributed by atoms with Gasteiger partial charge in [0, 0.05) is 11.1 Å². The van der Waals surface area contributed by atoms with E-state index >= 15 is 0 Å². The van der Waals surface area contributed by atoms with Crippen molar-refractivity contribution in [1.82, 2.24) is 26.0 Å². The van der Waals surface area contributed by atoms with E-state index in [0.29, 0.717) is 30.5 Å². The average molecular weight is 718 g/mol. The number of ether oxygens (including phenoxy) is 2. The summed E-state index contributed by atoms with van der Waals surface area (Å²) < 4.78 is 9.26. The summed E-state index contributed by atoms with van der Waals surface area (Å²) in [5.41, 5.74) is 2.26. The van der Waals surface area contributed by atoms with Crippen molar-refractivity contribution < 1.29 is 43.1 Å². The SMILES string of the molecule is CCCCC[C@@H](C(=O)NCNC(=O)c1cccc(-c2ccc(C(=O)N[C@@H](CC(=O)OC)C(=O)OC)cc2)n1)[C@@H](CC)N(C=O)OCc1ccccc1. The lowest BCUT2D eigenvalue weighted by molar-refractivity contribution is -0.200. The maximum absolute atomic E-state index is 13.5. The number of benzene rings is 2. The van der Waals surface area contributed by atoms with Gasteiger partial charge in [-0.15, -0.1) is 0 Å². The third kappa shape index (κ3) is 12.3. The molecule has 3 aromatic rings. The number of unbranched alkanes of at least 4 members (excludes halogenated alkanes) is 2. The second kappa shape index (κ2) is 21.6. The van der Waals surface area contributed by atoms with Crippen molar-refractivity contribution in [3.05, 3.63) is 89.6 Å². The number of hydrogen-bond acceptors (Lipinski definition) is 10. The number of hydroxylamine groups is 2. The number of hydrogen-bond donors (Lipinski definition) is 3. The highest BCUT2D eigenvalue weighted by atomic mass is 16.7. The number of carbonyl (C=O) groups is 6. The van der Waals surface area contributed by atoms with Crippen LogP contribution >= 0.6 is 0 Å². The predicted molar refractivity (Wildman–Crippen MR) is 191 cm³/mol. The van der Waals surface area contributed by atoms with Crippen molar-refractivity contribution in [2.24, 2.45) is 5.92 Å². The molecule has 0 aliphatic heterocycles. The van der Waals surface area contributed by atoms with E-state index in [1.807, 2.05) is 37.3 Å². The number of nitrogens with one attached hydrogen (secondary N) is 3. The van der Waals surface area contributed by atoms with Crippen LogP contribution in [0.4, 0.5) is 0 Å². The number of carbonyl (C=O) groups excluding carboxylic acids is 6. The number of rotatable bonds is 21. The molecular weight excluding hydrogens is 670 g/mol. The van der Waals surface area contributed by atoms with Gasteiger partial charge in [0.2, 0.25) is 12.3 Å². The number of methoxy groups -OCH3 is 2. The van der Waals surface area contributed by atoms with E-state index in [2.05, 4.69) is 37.3 Å². The molecule has 0 saturated carbocycles. The van der Waals surface area contributed by atoms with Gasteiger partial charge in [-0.05, 0) is 42.7 Å². The van der Waals surface area contributed by atoms with E-state index in [9.17, 15) is 28.8 Å². The summed E-state index contributed by atoms with van der Waals surface area (Å²) in [4.78, 5) is 85.4. The van der Waals surface area contributed by atoms with Crippen molar-refractivity contribution in [3.63, 3.8) is 0 Å². The van der Waals surface area contributed by atoms with Gasteiger partial charge in [-0.2, -0.15) is 0 Å². The molecule has 1 heterocycles. The standard InChI is InChI=1S/C38H47N5O9/c1-5-7-9-15-29(33(6-2)43(25-44)52-23-26-13-10-8-11-14-26)36(47)39-24-40-37(48)31-17-12-16-30(41-31)27-18-20-28(21-19-27)35(46)42-32(38(49)51-4)22-34(45)50-3/h8,10-14,16-21,25,29,32-33H,5-7,9,15,22-24H2,1-4H3,(H,39,47)(H,40,48)(H,42,46)/t29-,32+,33-/m1/s1. The Hall–Kier alpha value is -5.63. The molecule has 52 heavy (non-hydrogen) atoms. The number of pyridine rings is 1. The van der Waals surface area contributed by atoms with Crippen LogP contribution in [0.1, 0.15) is 78.8 Å². The first kappa shape index (κ1) is 40.8. The molecule has 14 heteroatoms. The summed E-state index contributed by atoms with van der Waals surface area (Å²) in [6.07, 6.45) is 3.91. The van der Waals surface area contributed by atoms with Crippen molar-refractivity contribution in [1.29, 1.82) is 0 Å². The smallest absolute Gasteiger partial charge is 0.328 e. The summed E-state index contributed by atoms with van der Waals surface area (Å²) in [5.74, 6) is -3.49. The normalized spacial score (nSPS) is 12.4. The van der Waals surface area contributed by atoms with E-state index in [1.165, 1.54) is 30.4 Å². The van der Waals surface area contributed by atoms with Crippen molar-refractivity contribution in [3.8, 4) is 11.3 Å². The van der Waals surface area contributed by atoms with E-state index in [1.54, 1.807) is 24.3 Å². The molecular formula is C38H47N5O9. The number of aromatic nitrogens is 1. The zero-order chi connectivity index (χ0) is 37.9. The Morgan fingerprint density at radius 1 is 0.846 bits per heavy atom. The first-order valence-corrected chi connectivity index (χ1v) is 17.1. The molecule has 0 aliphatic carbocycles. The van der Waals surface area contributed by atoms with E-state index in [-0.39, 0.29) is 30.4 Å². The minimum atomic E-state index is -1.23. The fourth-order valence-electron chi connectivity index (χ4n) is 5.46. The third-order valence-corrected chi connectivity index (χ3v) is 8.32. The van der Waals surface area contributed by atoms with E-state index in [0.717, 1.165) is 31.9 Å². The Morgan fingerprint density at radius 3 is 2.21 bits per heavy atom. The maximum atomic E-state index is 13.5. The van der Waals surface area contributed by atoms with Crippen LogP contribution in [0.15, 0.2) is 72.8 Å². The zero-order valence-electron chi connectivity index (χ0n) is 30.0. The molecule has 0 unspecified atom stereocenters. The predicted octanol–water partition coefficient (Wildman–Crippen LogP) is 3.95. The average Bonchev–Trinajstić information content (AvgIpc) is 3.18. The lowest BCUT2D eigenvalue weighted by Crippen LogP contribution is -2.48. The third-order valence-electron chi connectivity index (χ3n) is 8.32. The van der Waals surface area contributed by atoms with Crippen LogP contribution < -0.4 is 16.0 Å². The number of nitrogens with zero attached hydrogens (tertiary/aromatic N) is 2. The van der Waals surface area contributed by atoms with Crippen LogP contribution in [0, 0.1) is 5.92 Å². The number of esters is 2. The van der Waals surface area contributed by atoms with Crippen molar-refractivity contribution in [2.45, 2.75) is 71.1 Å². The van der Waals surface area contributed by atoms with Crippen LogP contribution in [0.2, 0.25) is 0 Å². The quantitative estimate of drug-likeness (QED) is 0.0480. The van der Waals surface area contributed by atoms with Gasteiger partial charge >= 0.3 is 11.9 Å². The Labute approximate surface area is 303 Å². The molecule has 278 valence electrons. The highest BCUT2D eigenvalue weighted by molar-refractivity contribution is 5.98.